The summed E-state index contributed by atoms with van der Waals surface area (Å²) in [6.07, 6.45) is 0. The quantitative estimate of drug-likeness (QED) is 0.123. The molecule has 0 aliphatic heterocycles. The number of nitrogens with one attached hydrogen (secondary N) is 4. The maximum Gasteiger partial charge on any atom is 0.339 e. The Morgan fingerprint density at radius 1 is 0.413 bits per heavy atom. The zero-order valence-corrected chi connectivity index (χ0v) is 25.4. The van der Waals surface area contributed by atoms with E-state index in [1.165, 1.54) is 66.7 Å². The van der Waals surface area contributed by atoms with Gasteiger partial charge in [0, 0.05) is 34.9 Å². The fourth-order valence-corrected chi connectivity index (χ4v) is 5.92. The Bertz CT molecular complexity index is 1930. The summed E-state index contributed by atoms with van der Waals surface area (Å²) in [6, 6.07) is 32.1. The monoisotopic (exact) mass is 658 g/mol. The van der Waals surface area contributed by atoms with Gasteiger partial charge in [-0.05, 0) is 66.7 Å². The van der Waals surface area contributed by atoms with Crippen molar-refractivity contribution in [2.75, 3.05) is 21.3 Å². The molecule has 0 unspecified atom stereocenters. The molecule has 0 spiro atoms. The summed E-state index contributed by atoms with van der Waals surface area (Å²) in [5.74, 6) is 0.0163. The van der Waals surface area contributed by atoms with Gasteiger partial charge in [-0.3, -0.25) is 0 Å². The van der Waals surface area contributed by atoms with E-state index in [4.69, 9.17) is 8.37 Å². The van der Waals surface area contributed by atoms with Crippen molar-refractivity contribution in [3.8, 4) is 11.5 Å². The molecule has 234 valence electrons. The van der Waals surface area contributed by atoms with E-state index < -0.39 is 32.3 Å². The van der Waals surface area contributed by atoms with E-state index in [2.05, 4.69) is 21.3 Å². The smallest absolute Gasteiger partial charge is 0.339 e. The van der Waals surface area contributed by atoms with Crippen molar-refractivity contribution in [1.29, 1.82) is 0 Å². The second kappa shape index (κ2) is 13.8. The molecule has 0 bridgehead atoms. The largest absolute Gasteiger partial charge is 0.379 e. The average Bonchev–Trinajstić information content (AvgIpc) is 3.02. The van der Waals surface area contributed by atoms with Crippen molar-refractivity contribution < 1.29 is 34.8 Å². The Kier molecular flexibility index (Phi) is 9.50. The Labute approximate surface area is 265 Å². The molecular formula is C32H26N4O8S2. The van der Waals surface area contributed by atoms with Gasteiger partial charge in [-0.25, -0.2) is 9.59 Å². The molecule has 0 fully saturated rings. The van der Waals surface area contributed by atoms with E-state index in [1.807, 2.05) is 0 Å². The van der Waals surface area contributed by atoms with Crippen molar-refractivity contribution in [2.24, 2.45) is 0 Å². The fraction of sp³-hybridized carbons (Fsp3) is 0. The van der Waals surface area contributed by atoms with Crippen LogP contribution in [0.1, 0.15) is 0 Å². The zero-order valence-electron chi connectivity index (χ0n) is 23.8. The lowest BCUT2D eigenvalue weighted by Crippen LogP contribution is -2.21. The van der Waals surface area contributed by atoms with E-state index in [0.29, 0.717) is 11.4 Å². The van der Waals surface area contributed by atoms with Crippen LogP contribution < -0.4 is 29.6 Å². The van der Waals surface area contributed by atoms with Crippen molar-refractivity contribution in [1.82, 2.24) is 0 Å². The third-order valence-electron chi connectivity index (χ3n) is 6.04. The summed E-state index contributed by atoms with van der Waals surface area (Å²) < 4.78 is 60.4. The highest BCUT2D eigenvalue weighted by Gasteiger charge is 2.18. The first-order chi connectivity index (χ1) is 22.1. The molecule has 0 saturated heterocycles. The predicted molar refractivity (Wildman–Crippen MR) is 173 cm³/mol. The molecule has 4 amide bonds. The zero-order chi connectivity index (χ0) is 32.6. The third kappa shape index (κ3) is 8.62. The number of urea groups is 2. The SMILES string of the molecule is O=C(Nc1cccc(NC(=O)Nc2cccc(OS(=O)(=O)c3ccccc3)c2)c1)Nc1cccc(OS(=O)(=O)c2ccccc2)c1. The molecule has 0 aliphatic carbocycles. The van der Waals surface area contributed by atoms with Crippen molar-refractivity contribution in [2.45, 2.75) is 9.79 Å². The van der Waals surface area contributed by atoms with Gasteiger partial charge < -0.3 is 29.6 Å². The van der Waals surface area contributed by atoms with Crippen molar-refractivity contribution >= 4 is 55.0 Å². The van der Waals surface area contributed by atoms with Gasteiger partial charge >= 0.3 is 32.3 Å². The predicted octanol–water partition coefficient (Wildman–Crippen LogP) is 6.51. The highest BCUT2D eigenvalue weighted by atomic mass is 32.2. The van der Waals surface area contributed by atoms with Crippen molar-refractivity contribution in [3.05, 3.63) is 133 Å². The number of benzene rings is 5. The lowest BCUT2D eigenvalue weighted by atomic mass is 10.2. The highest BCUT2D eigenvalue weighted by Crippen LogP contribution is 2.24. The van der Waals surface area contributed by atoms with Crippen LogP contribution in [0.4, 0.5) is 32.3 Å². The molecule has 14 heteroatoms. The summed E-state index contributed by atoms with van der Waals surface area (Å²) >= 11 is 0. The van der Waals surface area contributed by atoms with Crippen LogP contribution in [-0.4, -0.2) is 28.9 Å². The standard InChI is InChI=1S/C32H26N4O8S2/c37-31(35-25-12-8-14-27(21-25)43-45(39,40)29-16-3-1-4-17-29)33-23-10-7-11-24(20-23)34-32(38)36-26-13-9-15-28(22-26)44-46(41,42)30-18-5-2-6-19-30/h1-22H,(H2,33,35,37)(H2,34,36,38). The maximum atomic E-state index is 12.7. The molecule has 0 atom stereocenters. The molecule has 5 aromatic carbocycles. The van der Waals surface area contributed by atoms with Gasteiger partial charge in [0.1, 0.15) is 21.3 Å². The van der Waals surface area contributed by atoms with E-state index >= 15 is 0 Å². The minimum Gasteiger partial charge on any atom is -0.379 e. The topological polar surface area (TPSA) is 169 Å². The Morgan fingerprint density at radius 2 is 0.739 bits per heavy atom. The first kappa shape index (κ1) is 31.6. The lowest BCUT2D eigenvalue weighted by Gasteiger charge is -2.12. The molecule has 0 radical (unpaired) electrons. The lowest BCUT2D eigenvalue weighted by molar-refractivity contribution is 0.261. The number of hydrogen-bond acceptors (Lipinski definition) is 8. The summed E-state index contributed by atoms with van der Waals surface area (Å²) in [4.78, 5) is 25.3. The van der Waals surface area contributed by atoms with Crippen LogP contribution in [0.5, 0.6) is 11.5 Å². The normalized spacial score (nSPS) is 11.1. The Hall–Kier alpha value is -5.86. The number of hydrogen-bond donors (Lipinski definition) is 4. The molecule has 5 aromatic rings. The number of amides is 4. The van der Waals surface area contributed by atoms with Gasteiger partial charge in [0.2, 0.25) is 0 Å². The van der Waals surface area contributed by atoms with Crippen molar-refractivity contribution in [3.63, 3.8) is 0 Å². The van der Waals surface area contributed by atoms with E-state index in [0.717, 1.165) is 0 Å². The fourth-order valence-electron chi connectivity index (χ4n) is 4.04. The number of carbonyl (C=O) groups is 2. The van der Waals surface area contributed by atoms with Gasteiger partial charge in [-0.1, -0.05) is 54.6 Å². The van der Waals surface area contributed by atoms with Gasteiger partial charge in [0.15, 0.2) is 0 Å². The molecule has 0 heterocycles. The van der Waals surface area contributed by atoms with Crippen LogP contribution >= 0.6 is 0 Å². The van der Waals surface area contributed by atoms with Gasteiger partial charge in [-0.15, -0.1) is 0 Å². The Balaban J connectivity index is 1.16. The molecule has 0 aromatic heterocycles. The minimum atomic E-state index is -4.06. The number of rotatable bonds is 10. The van der Waals surface area contributed by atoms with E-state index in [1.54, 1.807) is 66.7 Å². The summed E-state index contributed by atoms with van der Waals surface area (Å²) in [6.45, 7) is 0. The van der Waals surface area contributed by atoms with Crippen LogP contribution in [0, 0.1) is 0 Å². The van der Waals surface area contributed by atoms with Gasteiger partial charge in [0.25, 0.3) is 0 Å². The first-order valence-electron chi connectivity index (χ1n) is 13.5. The molecule has 0 saturated carbocycles. The molecular weight excluding hydrogens is 633 g/mol. The minimum absolute atomic E-state index is 0.00813. The summed E-state index contributed by atoms with van der Waals surface area (Å²) in [5, 5.41) is 10.5. The Morgan fingerprint density at radius 3 is 1.11 bits per heavy atom. The summed E-state index contributed by atoms with van der Waals surface area (Å²) in [7, 11) is -8.12. The van der Waals surface area contributed by atoms with Gasteiger partial charge in [-0.2, -0.15) is 16.8 Å². The number of carbonyl (C=O) groups excluding carboxylic acids is 2. The second-order valence-corrected chi connectivity index (χ2v) is 12.6. The van der Waals surface area contributed by atoms with Crippen LogP contribution in [-0.2, 0) is 20.2 Å². The highest BCUT2D eigenvalue weighted by molar-refractivity contribution is 7.87. The molecule has 4 N–H and O–H groups in total. The van der Waals surface area contributed by atoms with Crippen LogP contribution in [0.3, 0.4) is 0 Å². The first-order valence-corrected chi connectivity index (χ1v) is 16.3. The summed E-state index contributed by atoms with van der Waals surface area (Å²) in [5.41, 5.74) is 1.23. The van der Waals surface area contributed by atoms with E-state index in [9.17, 15) is 26.4 Å². The molecule has 12 nitrogen and oxygen atoms in total. The number of anilines is 4. The van der Waals surface area contributed by atoms with E-state index in [-0.39, 0.29) is 32.7 Å². The van der Waals surface area contributed by atoms with Crippen LogP contribution in [0.15, 0.2) is 143 Å². The maximum absolute atomic E-state index is 12.7. The molecule has 0 aliphatic rings. The molecule has 5 rings (SSSR count). The van der Waals surface area contributed by atoms with Crippen LogP contribution in [0.2, 0.25) is 0 Å². The molecule has 46 heavy (non-hydrogen) atoms. The van der Waals surface area contributed by atoms with Crippen LogP contribution in [0.25, 0.3) is 0 Å². The average molecular weight is 659 g/mol. The second-order valence-electron chi connectivity index (χ2n) is 9.50. The van der Waals surface area contributed by atoms with Gasteiger partial charge in [0.05, 0.1) is 0 Å². The third-order valence-corrected chi connectivity index (χ3v) is 8.56.